The number of benzene rings is 6. The Morgan fingerprint density at radius 1 is 0.513 bits per heavy atom. The fourth-order valence-electron chi connectivity index (χ4n) is 17.2. The van der Waals surface area contributed by atoms with Crippen LogP contribution < -0.4 is 14.8 Å². The summed E-state index contributed by atoms with van der Waals surface area (Å²) in [6.07, 6.45) is 14.8. The maximum atomic E-state index is 13.6. The number of hydrogen-bond donors (Lipinski definition) is 2. The van der Waals surface area contributed by atoms with E-state index < -0.39 is 36.4 Å². The van der Waals surface area contributed by atoms with Gasteiger partial charge >= 0.3 is 37.1 Å². The lowest BCUT2D eigenvalue weighted by atomic mass is 9.90. The van der Waals surface area contributed by atoms with Gasteiger partial charge in [0.1, 0.15) is 45.7 Å². The molecule has 27 heteroatoms. The molecular formula is C92H96F4N10O13. The summed E-state index contributed by atoms with van der Waals surface area (Å²) in [7, 11) is 5.56. The highest BCUT2D eigenvalue weighted by Crippen LogP contribution is 2.42. The Hall–Kier alpha value is -11.6. The van der Waals surface area contributed by atoms with Crippen LogP contribution in [0.2, 0.25) is 0 Å². The third-order valence-electron chi connectivity index (χ3n) is 23.7. The highest BCUT2D eigenvalue weighted by atomic mass is 19.3. The van der Waals surface area contributed by atoms with Crippen LogP contribution in [0.25, 0.3) is 89.2 Å². The molecule has 6 aromatic carbocycles. The van der Waals surface area contributed by atoms with E-state index in [-0.39, 0.29) is 55.1 Å². The number of aromatic nitrogens is 6. The van der Waals surface area contributed by atoms with Crippen LogP contribution in [0.4, 0.5) is 17.6 Å². The quantitative estimate of drug-likeness (QED) is 0.0342. The lowest BCUT2D eigenvalue weighted by Gasteiger charge is -2.32. The maximum absolute atomic E-state index is 13.6. The summed E-state index contributed by atoms with van der Waals surface area (Å²) in [5.41, 5.74) is 18.6. The summed E-state index contributed by atoms with van der Waals surface area (Å²) < 4.78 is 96.2. The van der Waals surface area contributed by atoms with Gasteiger partial charge in [0.25, 0.3) is 0 Å². The zero-order chi connectivity index (χ0) is 84.0. The molecule has 0 saturated carbocycles. The summed E-state index contributed by atoms with van der Waals surface area (Å²) in [5.74, 6) is -0.388. The van der Waals surface area contributed by atoms with Crippen LogP contribution in [0.3, 0.4) is 0 Å². The Labute approximate surface area is 686 Å². The highest BCUT2D eigenvalue weighted by Gasteiger charge is 2.44. The van der Waals surface area contributed by atoms with E-state index in [1.54, 1.807) is 24.5 Å². The van der Waals surface area contributed by atoms with Crippen molar-refractivity contribution >= 4 is 67.9 Å². The SMILES string of the molecule is COC(=O)[C@@H]1CCCN1Cc1cc2nc(-c3cccc(-c4cccc(Cc5nccc6cc(CN7CCC[C@@]7(C)C(=O)OC)cnc56)c4C)c3C)oc2cc1OC(F)F.COC(=O)[C@@H]1CCCN1Cc1cc2nc(-c3cccc(-c4cccc(Cc5nccc6cc(CO)cnc56)c4C)c3C)oc2cc1OC(F)F.COC(=O)[C@]1(C)CCCN1. The molecule has 0 bridgehead atoms. The zero-order valence-corrected chi connectivity index (χ0v) is 68.3. The number of rotatable bonds is 23. The van der Waals surface area contributed by atoms with Crippen molar-refractivity contribution < 1.29 is 79.1 Å². The smallest absolute Gasteiger partial charge is 0.387 e. The van der Waals surface area contributed by atoms with E-state index in [1.807, 2.05) is 104 Å². The van der Waals surface area contributed by atoms with E-state index in [0.29, 0.717) is 90.4 Å². The average Bonchev–Trinajstić information content (AvgIpc) is 1.75. The van der Waals surface area contributed by atoms with Crippen molar-refractivity contribution in [1.82, 2.24) is 49.9 Å². The van der Waals surface area contributed by atoms with Crippen LogP contribution in [0.15, 0.2) is 155 Å². The molecule has 6 aromatic heterocycles. The van der Waals surface area contributed by atoms with E-state index in [9.17, 15) is 41.8 Å². The minimum Gasteiger partial charge on any atom is -0.468 e. The minimum atomic E-state index is -3.04. The van der Waals surface area contributed by atoms with Gasteiger partial charge in [-0.25, -0.2) is 9.97 Å². The molecule has 4 atom stereocenters. The molecule has 16 rings (SSSR count). The van der Waals surface area contributed by atoms with Gasteiger partial charge in [0.05, 0.1) is 57.5 Å². The molecule has 4 saturated heterocycles. The van der Waals surface area contributed by atoms with E-state index >= 15 is 0 Å². The van der Waals surface area contributed by atoms with E-state index in [4.69, 9.17) is 52.5 Å². The normalized spacial score (nSPS) is 18.2. The summed E-state index contributed by atoms with van der Waals surface area (Å²) in [6.45, 7) is 9.95. The third kappa shape index (κ3) is 17.9. The molecule has 2 N–H and O–H groups in total. The molecule has 10 heterocycles. The molecule has 119 heavy (non-hydrogen) atoms. The average molecular weight is 1630 g/mol. The Morgan fingerprint density at radius 2 is 0.966 bits per heavy atom. The first-order chi connectivity index (χ1) is 57.4. The molecule has 4 fully saturated rings. The zero-order valence-electron chi connectivity index (χ0n) is 68.3. The first kappa shape index (κ1) is 83.9. The van der Waals surface area contributed by atoms with Gasteiger partial charge in [-0.1, -0.05) is 60.7 Å². The second kappa shape index (κ2) is 36.3. The molecule has 0 unspecified atom stereocenters. The number of likely N-dealkylation sites (tertiary alicyclic amines) is 3. The molecule has 0 radical (unpaired) electrons. The third-order valence-corrected chi connectivity index (χ3v) is 23.7. The lowest BCUT2D eigenvalue weighted by Crippen LogP contribution is -2.48. The van der Waals surface area contributed by atoms with Gasteiger partial charge in [-0.05, 0) is 234 Å². The molecule has 0 amide bonds. The number of halogens is 4. The Morgan fingerprint density at radius 3 is 1.41 bits per heavy atom. The number of methoxy groups -OCH3 is 4. The maximum Gasteiger partial charge on any atom is 0.387 e. The molecule has 4 aliphatic heterocycles. The van der Waals surface area contributed by atoms with E-state index in [0.717, 1.165) is 163 Å². The van der Waals surface area contributed by atoms with Crippen LogP contribution >= 0.6 is 0 Å². The number of carbonyl (C=O) groups is 4. The highest BCUT2D eigenvalue weighted by molar-refractivity contribution is 5.88. The number of esters is 4. The summed E-state index contributed by atoms with van der Waals surface area (Å²) in [5, 5.41) is 14.6. The van der Waals surface area contributed by atoms with Crippen LogP contribution in [-0.2, 0) is 77.2 Å². The molecular weight excluding hydrogens is 1530 g/mol. The van der Waals surface area contributed by atoms with Crippen molar-refractivity contribution in [2.24, 2.45) is 0 Å². The number of oxazole rings is 2. The Kier molecular flexibility index (Phi) is 25.6. The molecule has 4 aliphatic rings. The standard InChI is InChI=1S/C46H47F2N5O6.C39H36F2N4O5.C7H13NO2/c1-27-30(21-37-41-31(15-17-49-37)20-29(24-50-41)25-53-19-9-16-46(53,3)44(55)57-5)10-6-11-33(27)34-12-7-13-35(28(34)2)42-51-36-22-32(39(59-45(47)48)23-40(36)58-42)26-52-18-8-14-38(52)43(54)56-4;1-22-25(16-32-36-26(12-13-42-32)15-24(21-46)19-43-36)7-4-8-28(22)29-9-5-10-30(23(29)2)37-44-31-17-27(34(50-39(40)41)18-35(31)49-37)20-45-14-6-11-33(45)38(47)48-3;1-7(6(9)10-2)4-3-5-8-7/h6-7,10-13,15,17,20,22-24,38,45H,8-9,14,16,18-19,21,25-26H2,1-5H3;4-5,7-10,12-13,15,17-19,33,39,46H,6,11,14,16,20-21H2,1-3H3;8H,3-5H2,1-2H3/t38-,46-;33-;7-/m000/s1. The number of carbonyl (C=O) groups excluding carboxylic acids is 4. The fourth-order valence-corrected chi connectivity index (χ4v) is 17.2. The number of aliphatic hydroxyl groups is 1. The van der Waals surface area contributed by atoms with E-state index in [1.165, 1.54) is 40.6 Å². The van der Waals surface area contributed by atoms with Gasteiger partial charge < -0.3 is 47.7 Å². The monoisotopic (exact) mass is 1620 g/mol. The minimum absolute atomic E-state index is 0.0200. The van der Waals surface area contributed by atoms with Gasteiger partial charge in [0, 0.05) is 102 Å². The number of hydrogen-bond acceptors (Lipinski definition) is 23. The van der Waals surface area contributed by atoms with Gasteiger partial charge in [-0.15, -0.1) is 0 Å². The van der Waals surface area contributed by atoms with Crippen molar-refractivity contribution in [3.05, 3.63) is 213 Å². The van der Waals surface area contributed by atoms with Crippen molar-refractivity contribution in [2.45, 2.75) is 168 Å². The Balaban J connectivity index is 0.000000176. The van der Waals surface area contributed by atoms with Crippen molar-refractivity contribution in [1.29, 1.82) is 0 Å². The number of nitrogens with one attached hydrogen (secondary N) is 1. The number of aliphatic hydroxyl groups excluding tert-OH is 1. The number of nitrogens with zero attached hydrogens (tertiary/aromatic N) is 9. The lowest BCUT2D eigenvalue weighted by molar-refractivity contribution is -0.153. The van der Waals surface area contributed by atoms with Crippen LogP contribution in [-0.4, -0.2) is 165 Å². The second-order valence-corrected chi connectivity index (χ2v) is 31.1. The van der Waals surface area contributed by atoms with Crippen molar-refractivity contribution in [3.8, 4) is 56.7 Å². The first-order valence-electron chi connectivity index (χ1n) is 39.9. The summed E-state index contributed by atoms with van der Waals surface area (Å²) in [4.78, 5) is 83.0. The summed E-state index contributed by atoms with van der Waals surface area (Å²) >= 11 is 0. The predicted octanol–water partition coefficient (Wildman–Crippen LogP) is 16.4. The number of alkyl halides is 4. The second-order valence-electron chi connectivity index (χ2n) is 31.1. The number of fused-ring (bicyclic) bond motifs is 4. The molecule has 0 spiro atoms. The Bertz CT molecular complexity index is 5780. The number of ether oxygens (including phenoxy) is 6. The first-order valence-corrected chi connectivity index (χ1v) is 39.9. The topological polar surface area (TPSA) is 269 Å². The van der Waals surface area contributed by atoms with Gasteiger partial charge in [-0.3, -0.25) is 53.8 Å². The van der Waals surface area contributed by atoms with Gasteiger partial charge in [0.2, 0.25) is 11.8 Å². The summed E-state index contributed by atoms with van der Waals surface area (Å²) in [6, 6.07) is 37.7. The fraction of sp³-hybridized carbons (Fsp3) is 0.370. The molecule has 620 valence electrons. The van der Waals surface area contributed by atoms with Crippen LogP contribution in [0.5, 0.6) is 11.5 Å². The molecule has 0 aliphatic carbocycles. The largest absolute Gasteiger partial charge is 0.468 e. The predicted molar refractivity (Wildman–Crippen MR) is 441 cm³/mol. The van der Waals surface area contributed by atoms with Crippen LogP contribution in [0, 0.1) is 27.7 Å². The van der Waals surface area contributed by atoms with Crippen LogP contribution in [0.1, 0.15) is 132 Å². The number of pyridine rings is 4. The van der Waals surface area contributed by atoms with Gasteiger partial charge in [0.15, 0.2) is 11.2 Å². The molecule has 23 nitrogen and oxygen atoms in total. The van der Waals surface area contributed by atoms with Crippen molar-refractivity contribution in [2.75, 3.05) is 54.6 Å². The van der Waals surface area contributed by atoms with E-state index in [2.05, 4.69) is 81.2 Å². The molecule has 12 aromatic rings. The van der Waals surface area contributed by atoms with Gasteiger partial charge in [-0.2, -0.15) is 17.6 Å². The van der Waals surface area contributed by atoms with Crippen molar-refractivity contribution in [3.63, 3.8) is 0 Å².